The number of aromatic nitrogens is 2. The molecule has 1 aromatic heterocycles. The number of nitrogens with one attached hydrogen (secondary N) is 1. The summed E-state index contributed by atoms with van der Waals surface area (Å²) in [5.41, 5.74) is 2.44. The molecule has 96 valence electrons. The summed E-state index contributed by atoms with van der Waals surface area (Å²) in [5.74, 6) is 0. The maximum atomic E-state index is 5.94. The van der Waals surface area contributed by atoms with Gasteiger partial charge in [-0.2, -0.15) is 5.10 Å². The van der Waals surface area contributed by atoms with Crippen LogP contribution < -0.4 is 5.32 Å². The molecule has 1 aromatic rings. The highest BCUT2D eigenvalue weighted by Crippen LogP contribution is 2.28. The molecule has 4 nitrogen and oxygen atoms in total. The first-order valence-electron chi connectivity index (χ1n) is 6.34. The van der Waals surface area contributed by atoms with Crippen LogP contribution in [0.5, 0.6) is 0 Å². The van der Waals surface area contributed by atoms with Crippen LogP contribution in [0.4, 0.5) is 0 Å². The number of rotatable bonds is 4. The Balaban J connectivity index is 1.75. The zero-order chi connectivity index (χ0) is 12.5. The van der Waals surface area contributed by atoms with Crippen molar-refractivity contribution in [2.24, 2.45) is 7.05 Å². The Morgan fingerprint density at radius 3 is 2.88 bits per heavy atom. The molecule has 0 aliphatic carbocycles. The minimum absolute atomic E-state index is 0.0660. The van der Waals surface area contributed by atoms with Gasteiger partial charge in [0.05, 0.1) is 17.4 Å². The maximum absolute atomic E-state index is 5.94. The molecule has 1 fully saturated rings. The molecular formula is C13H23N3O. The van der Waals surface area contributed by atoms with Crippen molar-refractivity contribution < 1.29 is 4.74 Å². The first-order valence-corrected chi connectivity index (χ1v) is 6.34. The molecule has 4 heteroatoms. The minimum atomic E-state index is 0.0660. The van der Waals surface area contributed by atoms with E-state index in [2.05, 4.69) is 30.5 Å². The predicted octanol–water partition coefficient (Wildman–Crippen LogP) is 1.78. The van der Waals surface area contributed by atoms with E-state index in [1.54, 1.807) is 0 Å². The second-order valence-corrected chi connectivity index (χ2v) is 5.58. The topological polar surface area (TPSA) is 39.1 Å². The first-order chi connectivity index (χ1) is 7.96. The van der Waals surface area contributed by atoms with Gasteiger partial charge < -0.3 is 10.1 Å². The number of ether oxygens (including phenoxy) is 1. The van der Waals surface area contributed by atoms with Crippen LogP contribution in [0.2, 0.25) is 0 Å². The summed E-state index contributed by atoms with van der Waals surface area (Å²) in [7, 11) is 1.96. The lowest BCUT2D eigenvalue weighted by Gasteiger charge is -2.19. The normalized spacial score (nSPS) is 23.2. The summed E-state index contributed by atoms with van der Waals surface area (Å²) in [4.78, 5) is 0. The number of hydrogen-bond acceptors (Lipinski definition) is 3. The fraction of sp³-hybridized carbons (Fsp3) is 0.769. The molecule has 0 saturated carbocycles. The van der Waals surface area contributed by atoms with Gasteiger partial charge in [-0.3, -0.25) is 4.68 Å². The van der Waals surface area contributed by atoms with Gasteiger partial charge in [0.2, 0.25) is 0 Å². The van der Waals surface area contributed by atoms with Crippen LogP contribution in [-0.4, -0.2) is 28.0 Å². The summed E-state index contributed by atoms with van der Waals surface area (Å²) in [6, 6.07) is 0. The van der Waals surface area contributed by atoms with Gasteiger partial charge >= 0.3 is 0 Å². The molecule has 0 spiro atoms. The maximum Gasteiger partial charge on any atom is 0.0707 e. The van der Waals surface area contributed by atoms with E-state index in [4.69, 9.17) is 4.74 Å². The Morgan fingerprint density at radius 1 is 1.59 bits per heavy atom. The van der Waals surface area contributed by atoms with Gasteiger partial charge in [0.25, 0.3) is 0 Å². The lowest BCUT2D eigenvalue weighted by molar-refractivity contribution is -0.0143. The van der Waals surface area contributed by atoms with Crippen LogP contribution in [0.15, 0.2) is 6.20 Å². The molecule has 0 amide bonds. The summed E-state index contributed by atoms with van der Waals surface area (Å²) in [6.45, 7) is 8.18. The molecule has 1 aliphatic rings. The second kappa shape index (κ2) is 4.78. The van der Waals surface area contributed by atoms with Crippen LogP contribution in [-0.2, 0) is 18.3 Å². The SMILES string of the molecule is Cc1nn(C)cc1CNCC1CCC(C)(C)O1. The Kier molecular flexibility index (Phi) is 3.54. The predicted molar refractivity (Wildman–Crippen MR) is 67.8 cm³/mol. The average Bonchev–Trinajstić information content (AvgIpc) is 2.71. The molecule has 0 radical (unpaired) electrons. The fourth-order valence-corrected chi connectivity index (χ4v) is 2.41. The third-order valence-corrected chi connectivity index (χ3v) is 3.36. The van der Waals surface area contributed by atoms with Crippen molar-refractivity contribution in [1.29, 1.82) is 0 Å². The van der Waals surface area contributed by atoms with Gasteiger partial charge in [0.15, 0.2) is 0 Å². The molecule has 2 heterocycles. The molecule has 0 aromatic carbocycles. The molecule has 1 saturated heterocycles. The molecule has 1 atom stereocenters. The van der Waals surface area contributed by atoms with E-state index in [9.17, 15) is 0 Å². The third-order valence-electron chi connectivity index (χ3n) is 3.36. The van der Waals surface area contributed by atoms with E-state index in [0.29, 0.717) is 6.10 Å². The average molecular weight is 237 g/mol. The van der Waals surface area contributed by atoms with Gasteiger partial charge in [-0.15, -0.1) is 0 Å². The molecular weight excluding hydrogens is 214 g/mol. The van der Waals surface area contributed by atoms with Crippen molar-refractivity contribution in [1.82, 2.24) is 15.1 Å². The highest BCUT2D eigenvalue weighted by atomic mass is 16.5. The van der Waals surface area contributed by atoms with Crippen LogP contribution >= 0.6 is 0 Å². The van der Waals surface area contributed by atoms with E-state index < -0.39 is 0 Å². The van der Waals surface area contributed by atoms with Crippen LogP contribution in [0.3, 0.4) is 0 Å². The van der Waals surface area contributed by atoms with E-state index in [1.165, 1.54) is 5.56 Å². The molecule has 1 N–H and O–H groups in total. The highest BCUT2D eigenvalue weighted by molar-refractivity contribution is 5.14. The quantitative estimate of drug-likeness (QED) is 0.867. The Labute approximate surface area is 103 Å². The lowest BCUT2D eigenvalue weighted by atomic mass is 10.1. The number of hydrogen-bond donors (Lipinski definition) is 1. The Bertz CT molecular complexity index is 384. The van der Waals surface area contributed by atoms with Crippen molar-refractivity contribution in [2.45, 2.75) is 51.9 Å². The van der Waals surface area contributed by atoms with E-state index >= 15 is 0 Å². The largest absolute Gasteiger partial charge is 0.371 e. The second-order valence-electron chi connectivity index (χ2n) is 5.58. The molecule has 0 bridgehead atoms. The van der Waals surface area contributed by atoms with Crippen molar-refractivity contribution >= 4 is 0 Å². The summed E-state index contributed by atoms with van der Waals surface area (Å²) in [6.07, 6.45) is 4.75. The summed E-state index contributed by atoms with van der Waals surface area (Å²) < 4.78 is 7.80. The van der Waals surface area contributed by atoms with E-state index in [0.717, 1.165) is 31.6 Å². The Morgan fingerprint density at radius 2 is 2.35 bits per heavy atom. The van der Waals surface area contributed by atoms with Crippen molar-refractivity contribution in [3.63, 3.8) is 0 Å². The summed E-state index contributed by atoms with van der Waals surface area (Å²) >= 11 is 0. The monoisotopic (exact) mass is 237 g/mol. The molecule has 1 aliphatic heterocycles. The van der Waals surface area contributed by atoms with Crippen LogP contribution in [0, 0.1) is 6.92 Å². The zero-order valence-electron chi connectivity index (χ0n) is 11.3. The fourth-order valence-electron chi connectivity index (χ4n) is 2.41. The lowest BCUT2D eigenvalue weighted by Crippen LogP contribution is -2.29. The van der Waals surface area contributed by atoms with Gasteiger partial charge in [-0.05, 0) is 33.6 Å². The van der Waals surface area contributed by atoms with Crippen molar-refractivity contribution in [3.05, 3.63) is 17.5 Å². The minimum Gasteiger partial charge on any atom is -0.371 e. The van der Waals surface area contributed by atoms with E-state index in [1.807, 2.05) is 18.7 Å². The van der Waals surface area contributed by atoms with Gasteiger partial charge in [0.1, 0.15) is 0 Å². The van der Waals surface area contributed by atoms with Crippen LogP contribution in [0.25, 0.3) is 0 Å². The smallest absolute Gasteiger partial charge is 0.0707 e. The first kappa shape index (κ1) is 12.6. The molecule has 2 rings (SSSR count). The molecule has 1 unspecified atom stereocenters. The third kappa shape index (κ3) is 3.30. The van der Waals surface area contributed by atoms with Gasteiger partial charge in [-0.25, -0.2) is 0 Å². The number of aryl methyl sites for hydroxylation is 2. The van der Waals surface area contributed by atoms with E-state index in [-0.39, 0.29) is 5.60 Å². The highest BCUT2D eigenvalue weighted by Gasteiger charge is 2.31. The van der Waals surface area contributed by atoms with Gasteiger partial charge in [0, 0.05) is 31.9 Å². The molecule has 17 heavy (non-hydrogen) atoms. The van der Waals surface area contributed by atoms with Gasteiger partial charge in [-0.1, -0.05) is 0 Å². The van der Waals surface area contributed by atoms with Crippen molar-refractivity contribution in [3.8, 4) is 0 Å². The van der Waals surface area contributed by atoms with Crippen LogP contribution in [0.1, 0.15) is 37.9 Å². The summed E-state index contributed by atoms with van der Waals surface area (Å²) in [5, 5.41) is 7.79. The number of nitrogens with zero attached hydrogens (tertiary/aromatic N) is 2. The Hall–Kier alpha value is -0.870. The van der Waals surface area contributed by atoms with Crippen molar-refractivity contribution in [2.75, 3.05) is 6.54 Å². The zero-order valence-corrected chi connectivity index (χ0v) is 11.3. The standard InChI is InChI=1S/C13H23N3O/c1-10-11(9-16(4)15-10)7-14-8-12-5-6-13(2,3)17-12/h9,12,14H,5-8H2,1-4H3.